The molecule has 0 aliphatic carbocycles. The number of halogens is 1. The SMILES string of the molecule is CN1CCN(c2ccccc2CNC(=O)C2CC(=O)N(c3ccc(Cl)cc3)C2)CC1. The number of carbonyl (C=O) groups excluding carboxylic acids is 2. The number of nitrogens with one attached hydrogen (secondary N) is 1. The maximum atomic E-state index is 12.8. The molecule has 2 aromatic rings. The third-order valence-electron chi connectivity index (χ3n) is 5.92. The van der Waals surface area contributed by atoms with Gasteiger partial charge in [-0.25, -0.2) is 0 Å². The van der Waals surface area contributed by atoms with Crippen LogP contribution in [0.15, 0.2) is 48.5 Å². The van der Waals surface area contributed by atoms with Gasteiger partial charge < -0.3 is 20.0 Å². The summed E-state index contributed by atoms with van der Waals surface area (Å²) in [5, 5.41) is 3.68. The topological polar surface area (TPSA) is 55.9 Å². The predicted molar refractivity (Wildman–Crippen MR) is 120 cm³/mol. The van der Waals surface area contributed by atoms with Crippen molar-refractivity contribution >= 4 is 34.8 Å². The number of carbonyl (C=O) groups is 2. The van der Waals surface area contributed by atoms with Gasteiger partial charge in [-0.15, -0.1) is 0 Å². The van der Waals surface area contributed by atoms with Crippen molar-refractivity contribution in [1.29, 1.82) is 0 Å². The van der Waals surface area contributed by atoms with Gasteiger partial charge in [0.1, 0.15) is 0 Å². The zero-order valence-electron chi connectivity index (χ0n) is 17.2. The Morgan fingerprint density at radius 2 is 1.77 bits per heavy atom. The van der Waals surface area contributed by atoms with E-state index in [0.29, 0.717) is 18.1 Å². The van der Waals surface area contributed by atoms with Crippen molar-refractivity contribution in [3.63, 3.8) is 0 Å². The smallest absolute Gasteiger partial charge is 0.227 e. The van der Waals surface area contributed by atoms with Crippen LogP contribution >= 0.6 is 11.6 Å². The lowest BCUT2D eigenvalue weighted by Gasteiger charge is -2.35. The van der Waals surface area contributed by atoms with Crippen LogP contribution in [0, 0.1) is 5.92 Å². The fraction of sp³-hybridized carbons (Fsp3) is 0.391. The van der Waals surface area contributed by atoms with Crippen LogP contribution in [0.1, 0.15) is 12.0 Å². The highest BCUT2D eigenvalue weighted by Crippen LogP contribution is 2.27. The number of hydrogen-bond acceptors (Lipinski definition) is 4. The van der Waals surface area contributed by atoms with Gasteiger partial charge in [-0.1, -0.05) is 29.8 Å². The Morgan fingerprint density at radius 1 is 1.07 bits per heavy atom. The van der Waals surface area contributed by atoms with Crippen LogP contribution in [0.4, 0.5) is 11.4 Å². The molecule has 1 atom stereocenters. The Hall–Kier alpha value is -2.57. The molecule has 0 radical (unpaired) electrons. The molecule has 0 spiro atoms. The van der Waals surface area contributed by atoms with Gasteiger partial charge in [0.15, 0.2) is 0 Å². The standard InChI is InChI=1S/C23H27ClN4O2/c1-26-10-12-27(13-11-26)21-5-3-2-4-17(21)15-25-23(30)18-14-22(29)28(16-18)20-8-6-19(24)7-9-20/h2-9,18H,10-16H2,1H3,(H,25,30). The van der Waals surface area contributed by atoms with Crippen LogP contribution in [0.5, 0.6) is 0 Å². The molecule has 2 fully saturated rings. The van der Waals surface area contributed by atoms with Crippen molar-refractivity contribution in [3.8, 4) is 0 Å². The van der Waals surface area contributed by atoms with Crippen molar-refractivity contribution in [2.24, 2.45) is 5.92 Å². The largest absolute Gasteiger partial charge is 0.369 e. The minimum Gasteiger partial charge on any atom is -0.369 e. The van der Waals surface area contributed by atoms with E-state index >= 15 is 0 Å². The van der Waals surface area contributed by atoms with E-state index in [2.05, 4.69) is 34.3 Å². The molecule has 6 nitrogen and oxygen atoms in total. The lowest BCUT2D eigenvalue weighted by molar-refractivity contribution is -0.126. The van der Waals surface area contributed by atoms with Gasteiger partial charge in [-0.2, -0.15) is 0 Å². The number of amides is 2. The average Bonchev–Trinajstić information content (AvgIpc) is 3.15. The Kier molecular flexibility index (Phi) is 6.25. The third-order valence-corrected chi connectivity index (χ3v) is 6.17. The highest BCUT2D eigenvalue weighted by Gasteiger charge is 2.35. The Balaban J connectivity index is 1.37. The van der Waals surface area contributed by atoms with Gasteiger partial charge in [0.2, 0.25) is 11.8 Å². The zero-order valence-corrected chi connectivity index (χ0v) is 17.9. The molecule has 2 heterocycles. The number of piperazine rings is 1. The molecule has 158 valence electrons. The van der Waals surface area contributed by atoms with E-state index in [0.717, 1.165) is 37.4 Å². The van der Waals surface area contributed by atoms with Crippen LogP contribution < -0.4 is 15.1 Å². The number of anilines is 2. The molecule has 4 rings (SSSR count). The maximum absolute atomic E-state index is 12.8. The minimum absolute atomic E-state index is 0.0321. The molecule has 2 aliphatic rings. The quantitative estimate of drug-likeness (QED) is 0.798. The van der Waals surface area contributed by atoms with Crippen LogP contribution in [0.25, 0.3) is 0 Å². The van der Waals surface area contributed by atoms with Gasteiger partial charge in [-0.3, -0.25) is 9.59 Å². The van der Waals surface area contributed by atoms with Gasteiger partial charge >= 0.3 is 0 Å². The predicted octanol–water partition coefficient (Wildman–Crippen LogP) is 2.76. The number of nitrogens with zero attached hydrogens (tertiary/aromatic N) is 3. The first-order valence-electron chi connectivity index (χ1n) is 10.4. The lowest BCUT2D eigenvalue weighted by atomic mass is 10.1. The molecular formula is C23H27ClN4O2. The molecule has 2 saturated heterocycles. The summed E-state index contributed by atoms with van der Waals surface area (Å²) in [5.74, 6) is -0.452. The van der Waals surface area contributed by atoms with Crippen molar-refractivity contribution in [2.45, 2.75) is 13.0 Å². The molecule has 2 amide bonds. The van der Waals surface area contributed by atoms with E-state index in [-0.39, 0.29) is 24.2 Å². The Bertz CT molecular complexity index is 910. The van der Waals surface area contributed by atoms with Crippen molar-refractivity contribution in [3.05, 3.63) is 59.1 Å². The number of para-hydroxylation sites is 1. The first-order valence-corrected chi connectivity index (χ1v) is 10.7. The van der Waals surface area contributed by atoms with Gasteiger partial charge in [0, 0.05) is 62.1 Å². The normalized spacial score (nSPS) is 19.9. The molecule has 0 bridgehead atoms. The fourth-order valence-corrected chi connectivity index (χ4v) is 4.22. The minimum atomic E-state index is -0.344. The van der Waals surface area contributed by atoms with Crippen LogP contribution in [-0.4, -0.2) is 56.5 Å². The number of benzene rings is 2. The van der Waals surface area contributed by atoms with Crippen molar-refractivity contribution < 1.29 is 9.59 Å². The molecule has 0 aromatic heterocycles. The lowest BCUT2D eigenvalue weighted by Crippen LogP contribution is -2.45. The highest BCUT2D eigenvalue weighted by molar-refractivity contribution is 6.30. The molecule has 0 saturated carbocycles. The van der Waals surface area contributed by atoms with Crippen molar-refractivity contribution in [1.82, 2.24) is 10.2 Å². The molecule has 2 aromatic carbocycles. The molecule has 30 heavy (non-hydrogen) atoms. The van der Waals surface area contributed by atoms with E-state index in [9.17, 15) is 9.59 Å². The second-order valence-electron chi connectivity index (χ2n) is 8.02. The van der Waals surface area contributed by atoms with E-state index < -0.39 is 0 Å². The second kappa shape index (κ2) is 9.06. The summed E-state index contributed by atoms with van der Waals surface area (Å²) < 4.78 is 0. The highest BCUT2D eigenvalue weighted by atomic mass is 35.5. The summed E-state index contributed by atoms with van der Waals surface area (Å²) in [5.41, 5.74) is 3.06. The molecule has 1 N–H and O–H groups in total. The first-order chi connectivity index (χ1) is 14.5. The van der Waals surface area contributed by atoms with Crippen LogP contribution in [-0.2, 0) is 16.1 Å². The number of rotatable bonds is 5. The second-order valence-corrected chi connectivity index (χ2v) is 8.46. The average molecular weight is 427 g/mol. The van der Waals surface area contributed by atoms with E-state index in [1.165, 1.54) is 5.69 Å². The summed E-state index contributed by atoms with van der Waals surface area (Å²) in [4.78, 5) is 31.6. The summed E-state index contributed by atoms with van der Waals surface area (Å²) in [6, 6.07) is 15.4. The molecule has 1 unspecified atom stereocenters. The monoisotopic (exact) mass is 426 g/mol. The van der Waals surface area contributed by atoms with Gasteiger partial charge in [0.25, 0.3) is 0 Å². The Morgan fingerprint density at radius 3 is 2.50 bits per heavy atom. The van der Waals surface area contributed by atoms with Gasteiger partial charge in [0.05, 0.1) is 5.92 Å². The zero-order chi connectivity index (χ0) is 21.1. The van der Waals surface area contributed by atoms with E-state index in [1.54, 1.807) is 17.0 Å². The van der Waals surface area contributed by atoms with Crippen LogP contribution in [0.2, 0.25) is 5.02 Å². The maximum Gasteiger partial charge on any atom is 0.227 e. The summed E-state index contributed by atoms with van der Waals surface area (Å²) in [6.07, 6.45) is 0.231. The van der Waals surface area contributed by atoms with E-state index in [1.807, 2.05) is 24.3 Å². The molecular weight excluding hydrogens is 400 g/mol. The molecule has 7 heteroatoms. The number of hydrogen-bond donors (Lipinski definition) is 1. The summed E-state index contributed by atoms with van der Waals surface area (Å²) >= 11 is 5.94. The Labute approximate surface area is 182 Å². The third kappa shape index (κ3) is 4.60. The number of likely N-dealkylation sites (N-methyl/N-ethyl adjacent to an activating group) is 1. The summed E-state index contributed by atoms with van der Waals surface area (Å²) in [7, 11) is 2.14. The van der Waals surface area contributed by atoms with Crippen molar-refractivity contribution in [2.75, 3.05) is 49.6 Å². The fourth-order valence-electron chi connectivity index (χ4n) is 4.10. The van der Waals surface area contributed by atoms with E-state index in [4.69, 9.17) is 11.6 Å². The van der Waals surface area contributed by atoms with Gasteiger partial charge in [-0.05, 0) is 42.9 Å². The van der Waals surface area contributed by atoms with Crippen LogP contribution in [0.3, 0.4) is 0 Å². The summed E-state index contributed by atoms with van der Waals surface area (Å²) in [6.45, 7) is 4.89. The molecule has 2 aliphatic heterocycles. The first kappa shape index (κ1) is 20.7.